The summed E-state index contributed by atoms with van der Waals surface area (Å²) in [4.78, 5) is 19.8. The second-order valence-corrected chi connectivity index (χ2v) is 5.03. The molecule has 0 aliphatic carbocycles. The van der Waals surface area contributed by atoms with Crippen LogP contribution in [-0.4, -0.2) is 21.0 Å². The Bertz CT molecular complexity index is 868. The van der Waals surface area contributed by atoms with E-state index in [9.17, 15) is 9.90 Å². The summed E-state index contributed by atoms with van der Waals surface area (Å²) in [7, 11) is 0. The number of hydrogen-bond acceptors (Lipinski definition) is 3. The summed E-state index contributed by atoms with van der Waals surface area (Å²) < 4.78 is 0. The molecule has 22 heavy (non-hydrogen) atoms. The second kappa shape index (κ2) is 5.77. The van der Waals surface area contributed by atoms with E-state index in [1.54, 1.807) is 0 Å². The highest BCUT2D eigenvalue weighted by molar-refractivity contribution is 6.02. The zero-order valence-electron chi connectivity index (χ0n) is 12.0. The quantitative estimate of drug-likeness (QED) is 0.796. The summed E-state index contributed by atoms with van der Waals surface area (Å²) in [6.45, 7) is 1.99. The number of aryl methyl sites for hydroxylation is 1. The van der Waals surface area contributed by atoms with Crippen LogP contribution in [0.3, 0.4) is 0 Å². The molecule has 1 N–H and O–H groups in total. The predicted molar refractivity (Wildman–Crippen MR) is 86.6 cm³/mol. The predicted octanol–water partition coefficient (Wildman–Crippen LogP) is 3.81. The molecule has 1 aromatic carbocycles. The molecule has 2 heterocycles. The van der Waals surface area contributed by atoms with Crippen molar-refractivity contribution >= 4 is 29.0 Å². The van der Waals surface area contributed by atoms with Crippen LogP contribution in [0.1, 0.15) is 27.2 Å². The molecule has 0 spiro atoms. The number of carboxylic acid groups (broad SMARTS) is 1. The summed E-state index contributed by atoms with van der Waals surface area (Å²) in [5, 5.41) is 9.89. The SMILES string of the molecule is Cc1ccc(/C=C/c2ccc3nccc(C(=O)O)c3c2)nc1. The van der Waals surface area contributed by atoms with E-state index in [0.717, 1.165) is 16.8 Å². The third kappa shape index (κ3) is 2.86. The van der Waals surface area contributed by atoms with Gasteiger partial charge in [0.25, 0.3) is 0 Å². The summed E-state index contributed by atoms with van der Waals surface area (Å²) >= 11 is 0. The molecule has 0 amide bonds. The summed E-state index contributed by atoms with van der Waals surface area (Å²) in [5.41, 5.74) is 3.81. The van der Waals surface area contributed by atoms with Crippen LogP contribution in [0.25, 0.3) is 23.1 Å². The molecule has 2 aromatic heterocycles. The fraction of sp³-hybridized carbons (Fsp3) is 0.0556. The average Bonchev–Trinajstić information content (AvgIpc) is 2.53. The van der Waals surface area contributed by atoms with E-state index in [2.05, 4.69) is 9.97 Å². The van der Waals surface area contributed by atoms with Gasteiger partial charge >= 0.3 is 5.97 Å². The topological polar surface area (TPSA) is 63.1 Å². The van der Waals surface area contributed by atoms with Crippen LogP contribution in [0.2, 0.25) is 0 Å². The lowest BCUT2D eigenvalue weighted by atomic mass is 10.1. The highest BCUT2D eigenvalue weighted by atomic mass is 16.4. The van der Waals surface area contributed by atoms with Gasteiger partial charge in [-0.15, -0.1) is 0 Å². The highest BCUT2D eigenvalue weighted by Crippen LogP contribution is 2.20. The molecule has 3 rings (SSSR count). The van der Waals surface area contributed by atoms with Gasteiger partial charge in [-0.05, 0) is 48.4 Å². The van der Waals surface area contributed by atoms with Crippen molar-refractivity contribution in [3.8, 4) is 0 Å². The Hall–Kier alpha value is -3.01. The fourth-order valence-corrected chi connectivity index (χ4v) is 2.21. The van der Waals surface area contributed by atoms with Gasteiger partial charge in [-0.25, -0.2) is 4.79 Å². The van der Waals surface area contributed by atoms with Gasteiger partial charge in [0.05, 0.1) is 16.8 Å². The van der Waals surface area contributed by atoms with E-state index in [4.69, 9.17) is 0 Å². The minimum absolute atomic E-state index is 0.258. The fourth-order valence-electron chi connectivity index (χ4n) is 2.21. The van der Waals surface area contributed by atoms with E-state index >= 15 is 0 Å². The number of nitrogens with zero attached hydrogens (tertiary/aromatic N) is 2. The second-order valence-electron chi connectivity index (χ2n) is 5.03. The Balaban J connectivity index is 1.99. The number of aromatic nitrogens is 2. The molecule has 0 saturated carbocycles. The van der Waals surface area contributed by atoms with E-state index in [1.165, 1.54) is 12.3 Å². The van der Waals surface area contributed by atoms with Crippen molar-refractivity contribution in [2.45, 2.75) is 6.92 Å². The van der Waals surface area contributed by atoms with Crippen molar-refractivity contribution < 1.29 is 9.90 Å². The molecular weight excluding hydrogens is 276 g/mol. The van der Waals surface area contributed by atoms with Gasteiger partial charge in [-0.1, -0.05) is 18.2 Å². The number of pyridine rings is 2. The summed E-state index contributed by atoms with van der Waals surface area (Å²) in [5.74, 6) is -0.950. The van der Waals surface area contributed by atoms with E-state index < -0.39 is 5.97 Å². The molecular formula is C18H14N2O2. The molecule has 0 aliphatic rings. The number of rotatable bonds is 3. The van der Waals surface area contributed by atoms with Crippen molar-refractivity contribution in [2.75, 3.05) is 0 Å². The third-order valence-electron chi connectivity index (χ3n) is 3.38. The van der Waals surface area contributed by atoms with Crippen molar-refractivity contribution in [1.29, 1.82) is 0 Å². The molecule has 0 aliphatic heterocycles. The molecule has 4 heteroatoms. The van der Waals surface area contributed by atoms with Crippen LogP contribution in [-0.2, 0) is 0 Å². The monoisotopic (exact) mass is 290 g/mol. The molecule has 0 radical (unpaired) electrons. The number of hydrogen-bond donors (Lipinski definition) is 1. The van der Waals surface area contributed by atoms with Crippen LogP contribution in [0.15, 0.2) is 48.8 Å². The van der Waals surface area contributed by atoms with Crippen LogP contribution in [0.5, 0.6) is 0 Å². The number of benzene rings is 1. The lowest BCUT2D eigenvalue weighted by Crippen LogP contribution is -1.98. The normalized spacial score (nSPS) is 11.1. The summed E-state index contributed by atoms with van der Waals surface area (Å²) in [6.07, 6.45) is 7.14. The van der Waals surface area contributed by atoms with Gasteiger partial charge in [0.15, 0.2) is 0 Å². The van der Waals surface area contributed by atoms with E-state index in [1.807, 2.05) is 55.6 Å². The zero-order valence-corrected chi connectivity index (χ0v) is 12.0. The Morgan fingerprint density at radius 2 is 1.95 bits per heavy atom. The maximum absolute atomic E-state index is 11.3. The van der Waals surface area contributed by atoms with Crippen molar-refractivity contribution in [1.82, 2.24) is 9.97 Å². The van der Waals surface area contributed by atoms with Crippen LogP contribution in [0, 0.1) is 6.92 Å². The van der Waals surface area contributed by atoms with Gasteiger partial charge < -0.3 is 5.11 Å². The minimum Gasteiger partial charge on any atom is -0.478 e. The Morgan fingerprint density at radius 3 is 2.68 bits per heavy atom. The molecule has 0 fully saturated rings. The van der Waals surface area contributed by atoms with E-state index in [-0.39, 0.29) is 5.56 Å². The average molecular weight is 290 g/mol. The first-order chi connectivity index (χ1) is 10.6. The largest absolute Gasteiger partial charge is 0.478 e. The van der Waals surface area contributed by atoms with Gasteiger partial charge in [-0.3, -0.25) is 9.97 Å². The van der Waals surface area contributed by atoms with Crippen LogP contribution < -0.4 is 0 Å². The molecule has 4 nitrogen and oxygen atoms in total. The highest BCUT2D eigenvalue weighted by Gasteiger charge is 2.08. The molecule has 3 aromatic rings. The third-order valence-corrected chi connectivity index (χ3v) is 3.38. The van der Waals surface area contributed by atoms with Gasteiger partial charge in [0.2, 0.25) is 0 Å². The zero-order chi connectivity index (χ0) is 15.5. The number of aromatic carboxylic acids is 1. The van der Waals surface area contributed by atoms with Gasteiger partial charge in [-0.2, -0.15) is 0 Å². The Labute approximate surface area is 127 Å². The Kier molecular flexibility index (Phi) is 3.66. The number of carbonyl (C=O) groups is 1. The van der Waals surface area contributed by atoms with E-state index in [0.29, 0.717) is 10.9 Å². The maximum Gasteiger partial charge on any atom is 0.336 e. The van der Waals surface area contributed by atoms with Crippen LogP contribution >= 0.6 is 0 Å². The molecule has 108 valence electrons. The first-order valence-corrected chi connectivity index (χ1v) is 6.86. The standard InChI is InChI=1S/C18H14N2O2/c1-12-2-5-14(20-11-12)6-3-13-4-7-17-16(10-13)15(18(21)22)8-9-19-17/h2-11H,1H3,(H,21,22)/b6-3+. The maximum atomic E-state index is 11.3. The molecule has 0 saturated heterocycles. The number of carboxylic acids is 1. The smallest absolute Gasteiger partial charge is 0.336 e. The van der Waals surface area contributed by atoms with Crippen molar-refractivity contribution in [3.05, 3.63) is 71.2 Å². The lowest BCUT2D eigenvalue weighted by molar-refractivity contribution is 0.0699. The van der Waals surface area contributed by atoms with Crippen LogP contribution in [0.4, 0.5) is 0 Å². The lowest BCUT2D eigenvalue weighted by Gasteiger charge is -2.03. The number of fused-ring (bicyclic) bond motifs is 1. The molecule has 0 atom stereocenters. The summed E-state index contributed by atoms with van der Waals surface area (Å²) in [6, 6.07) is 11.0. The van der Waals surface area contributed by atoms with Gasteiger partial charge in [0.1, 0.15) is 0 Å². The molecule has 0 unspecified atom stereocenters. The first-order valence-electron chi connectivity index (χ1n) is 6.86. The van der Waals surface area contributed by atoms with Crippen molar-refractivity contribution in [2.24, 2.45) is 0 Å². The minimum atomic E-state index is -0.950. The first kappa shape index (κ1) is 13.9. The van der Waals surface area contributed by atoms with Gasteiger partial charge in [0, 0.05) is 17.8 Å². The molecule has 0 bridgehead atoms. The Morgan fingerprint density at radius 1 is 1.09 bits per heavy atom. The van der Waals surface area contributed by atoms with Crippen molar-refractivity contribution in [3.63, 3.8) is 0 Å².